The first-order valence-corrected chi connectivity index (χ1v) is 9.30. The number of benzene rings is 2. The maximum absolute atomic E-state index is 8.24. The van der Waals surface area contributed by atoms with Gasteiger partial charge in [-0.2, -0.15) is 0 Å². The van der Waals surface area contributed by atoms with Gasteiger partial charge >= 0.3 is 0 Å². The number of hydrogen-bond acceptors (Lipinski definition) is 4. The number of anilines is 1. The molecule has 0 atom stereocenters. The lowest BCUT2D eigenvalue weighted by atomic mass is 10.2. The molecule has 1 aromatic carbocycles. The minimum absolute atomic E-state index is 0. The van der Waals surface area contributed by atoms with Crippen LogP contribution in [0.4, 0.5) is 5.69 Å². The van der Waals surface area contributed by atoms with Crippen LogP contribution in [0.25, 0.3) is 22.6 Å². The monoisotopic (exact) mass is 388 g/mol. The van der Waals surface area contributed by atoms with Gasteiger partial charge in [-0.15, -0.1) is 0 Å². The van der Waals surface area contributed by atoms with E-state index in [0.29, 0.717) is 5.34 Å². The van der Waals surface area contributed by atoms with E-state index in [1.54, 1.807) is 0 Å². The molecule has 152 valence electrons. The van der Waals surface area contributed by atoms with E-state index in [1.807, 2.05) is 12.1 Å². The van der Waals surface area contributed by atoms with Crippen LogP contribution < -0.4 is 20.2 Å². The van der Waals surface area contributed by atoms with Crippen LogP contribution in [0.3, 0.4) is 0 Å². The highest BCUT2D eigenvalue weighted by Crippen LogP contribution is 2.26. The molecule has 28 heavy (non-hydrogen) atoms. The fourth-order valence-corrected chi connectivity index (χ4v) is 3.17. The second kappa shape index (κ2) is 11.0. The number of hydrogen-bond donors (Lipinski definition) is 2. The molecular weight excluding hydrogens is 356 g/mol. The maximum atomic E-state index is 8.24. The molecule has 0 unspecified atom stereocenters. The molecule has 3 rings (SSSR count). The highest BCUT2D eigenvalue weighted by Gasteiger charge is 2.12. The predicted molar refractivity (Wildman–Crippen MR) is 113 cm³/mol. The van der Waals surface area contributed by atoms with Gasteiger partial charge in [-0.1, -0.05) is 7.43 Å². The number of aromatic nitrogens is 1. The summed E-state index contributed by atoms with van der Waals surface area (Å²) in [6.07, 6.45) is 0. The van der Waals surface area contributed by atoms with E-state index >= 15 is 0 Å². The van der Waals surface area contributed by atoms with Crippen molar-refractivity contribution in [1.29, 1.82) is 0 Å². The van der Waals surface area contributed by atoms with E-state index in [4.69, 9.17) is 19.5 Å². The number of fused-ring (bicyclic) bond motifs is 2. The lowest BCUT2D eigenvalue weighted by Gasteiger charge is -2.21. The average Bonchev–Trinajstić information content (AvgIpc) is 2.69. The Labute approximate surface area is 166 Å². The standard InChI is InChI=1S/C20H26N3O.CH4.HNO2/c1-5-22(6-2)15-9-11-17-19(13-15)24-20-14-16(23(7-3)8-4)10-12-18(20)21-17;;2-1-3/h9-14H,5-8H2,1-4H3;1H4;1H/q+1;;/p+1. The Kier molecular flexibility index (Phi) is 9.08. The fraction of sp³-hybridized carbons (Fsp3) is 0.429. The zero-order chi connectivity index (χ0) is 19.8. The molecule has 1 aromatic rings. The van der Waals surface area contributed by atoms with Gasteiger partial charge < -0.3 is 9.32 Å². The Morgan fingerprint density at radius 2 is 1.71 bits per heavy atom. The van der Waals surface area contributed by atoms with Crippen LogP contribution in [-0.2, 0) is 0 Å². The summed E-state index contributed by atoms with van der Waals surface area (Å²) in [7, 11) is 0. The fourth-order valence-electron chi connectivity index (χ4n) is 3.17. The number of nitrogens with one attached hydrogen (secondary N) is 1. The molecule has 1 heterocycles. The lowest BCUT2D eigenvalue weighted by Crippen LogP contribution is -2.58. The van der Waals surface area contributed by atoms with Crippen molar-refractivity contribution in [2.45, 2.75) is 35.1 Å². The van der Waals surface area contributed by atoms with E-state index in [2.05, 4.69) is 61.4 Å². The van der Waals surface area contributed by atoms with Gasteiger partial charge in [0.2, 0.25) is 5.36 Å². The highest BCUT2D eigenvalue weighted by atomic mass is 16.6. The molecule has 7 heteroatoms. The Balaban J connectivity index is 0.000000921. The summed E-state index contributed by atoms with van der Waals surface area (Å²) in [5.74, 6) is 0.837. The third kappa shape index (κ3) is 5.06. The largest absolute Gasteiger partial charge is 0.452 e. The SMILES string of the molecule is C.CCN(CC)c1ccc2nc3ccc(=[N+](CC)CC)cc-3oc2c1.O=[NH+]O. The number of nitrogens with zero attached hydrogens (tertiary/aromatic N) is 3. The Morgan fingerprint density at radius 3 is 2.29 bits per heavy atom. The van der Waals surface area contributed by atoms with Gasteiger partial charge in [0, 0.05) is 30.9 Å². The van der Waals surface area contributed by atoms with Gasteiger partial charge in [0.25, 0.3) is 0 Å². The smallest absolute Gasteiger partial charge is 0.203 e. The van der Waals surface area contributed by atoms with Crippen LogP contribution >= 0.6 is 0 Å². The topological polar surface area (TPSA) is 83.5 Å². The Bertz CT molecular complexity index is 926. The molecule has 0 saturated carbocycles. The van der Waals surface area contributed by atoms with Crippen LogP contribution in [0, 0.1) is 4.91 Å². The molecule has 2 N–H and O–H groups in total. The zero-order valence-corrected chi connectivity index (χ0v) is 16.4. The molecule has 0 radical (unpaired) electrons. The summed E-state index contributed by atoms with van der Waals surface area (Å²) in [5, 5.41) is 8.44. The van der Waals surface area contributed by atoms with Crippen LogP contribution in [0.5, 0.6) is 0 Å². The summed E-state index contributed by atoms with van der Waals surface area (Å²) < 4.78 is 8.50. The molecule has 0 aromatic heterocycles. The van der Waals surface area contributed by atoms with Crippen molar-refractivity contribution >= 4 is 16.8 Å². The second-order valence-corrected chi connectivity index (χ2v) is 5.95. The molecule has 0 spiro atoms. The minimum atomic E-state index is 0. The van der Waals surface area contributed by atoms with Gasteiger partial charge in [-0.3, -0.25) is 0 Å². The van der Waals surface area contributed by atoms with Gasteiger partial charge in [0.1, 0.15) is 24.3 Å². The van der Waals surface area contributed by atoms with Gasteiger partial charge in [0.15, 0.2) is 16.7 Å². The minimum Gasteiger partial charge on any atom is -0.452 e. The van der Waals surface area contributed by atoms with E-state index in [1.165, 1.54) is 11.0 Å². The van der Waals surface area contributed by atoms with Crippen LogP contribution in [0.2, 0.25) is 0 Å². The number of rotatable bonds is 5. The molecular formula is C21H32N4O3+2. The van der Waals surface area contributed by atoms with Gasteiger partial charge in [-0.25, -0.2) is 14.8 Å². The van der Waals surface area contributed by atoms with Crippen molar-refractivity contribution in [2.24, 2.45) is 0 Å². The van der Waals surface area contributed by atoms with E-state index in [0.717, 1.165) is 48.7 Å². The van der Waals surface area contributed by atoms with Crippen LogP contribution in [-0.4, -0.2) is 36.4 Å². The molecule has 0 fully saturated rings. The highest BCUT2D eigenvalue weighted by molar-refractivity contribution is 5.80. The van der Waals surface area contributed by atoms with Crippen molar-refractivity contribution in [3.05, 3.63) is 46.7 Å². The lowest BCUT2D eigenvalue weighted by molar-refractivity contribution is -0.755. The second-order valence-electron chi connectivity index (χ2n) is 5.95. The third-order valence-corrected chi connectivity index (χ3v) is 4.60. The first-order valence-electron chi connectivity index (χ1n) is 9.30. The summed E-state index contributed by atoms with van der Waals surface area (Å²) in [6.45, 7) is 12.6. The molecule has 1 aliphatic carbocycles. The average molecular weight is 389 g/mol. The van der Waals surface area contributed by atoms with E-state index in [-0.39, 0.29) is 7.43 Å². The van der Waals surface area contributed by atoms with Crippen molar-refractivity contribution in [1.82, 2.24) is 9.56 Å². The molecule has 0 amide bonds. The summed E-state index contributed by atoms with van der Waals surface area (Å²) in [5.41, 5.74) is 3.81. The molecule has 0 saturated heterocycles. The van der Waals surface area contributed by atoms with Crippen LogP contribution in [0.15, 0.2) is 40.8 Å². The van der Waals surface area contributed by atoms with Gasteiger partial charge in [0.05, 0.1) is 11.0 Å². The van der Waals surface area contributed by atoms with Crippen molar-refractivity contribution in [3.63, 3.8) is 0 Å². The van der Waals surface area contributed by atoms with Crippen molar-refractivity contribution in [3.8, 4) is 11.5 Å². The van der Waals surface area contributed by atoms with Crippen molar-refractivity contribution < 1.29 is 15.0 Å². The van der Waals surface area contributed by atoms with E-state index < -0.39 is 0 Å². The molecule has 1 aliphatic heterocycles. The summed E-state index contributed by atoms with van der Waals surface area (Å²) >= 11 is 0. The van der Waals surface area contributed by atoms with Crippen LogP contribution in [0.1, 0.15) is 35.1 Å². The third-order valence-electron chi connectivity index (χ3n) is 4.60. The quantitative estimate of drug-likeness (QED) is 0.398. The van der Waals surface area contributed by atoms with E-state index in [9.17, 15) is 0 Å². The Hall–Kier alpha value is -2.96. The molecule has 7 nitrogen and oxygen atoms in total. The normalized spacial score (nSPS) is 10.0. The predicted octanol–water partition coefficient (Wildman–Crippen LogP) is 2.45. The zero-order valence-electron chi connectivity index (χ0n) is 16.4. The maximum Gasteiger partial charge on any atom is 0.203 e. The first-order chi connectivity index (χ1) is 13.1. The van der Waals surface area contributed by atoms with Crippen molar-refractivity contribution in [2.75, 3.05) is 31.1 Å². The molecule has 0 bridgehead atoms. The summed E-state index contributed by atoms with van der Waals surface area (Å²) in [4.78, 5) is 15.3. The first kappa shape index (κ1) is 23.1. The molecule has 2 aliphatic rings. The summed E-state index contributed by atoms with van der Waals surface area (Å²) in [6, 6.07) is 12.5. The van der Waals surface area contributed by atoms with Gasteiger partial charge in [-0.05, 0) is 45.9 Å². The Morgan fingerprint density at radius 1 is 1.07 bits per heavy atom.